The van der Waals surface area contributed by atoms with Crippen LogP contribution < -0.4 is 16.0 Å². The molecule has 0 aliphatic rings. The van der Waals surface area contributed by atoms with Crippen LogP contribution in [0.4, 0.5) is 5.69 Å². The number of amides is 2. The highest BCUT2D eigenvalue weighted by atomic mass is 16.6. The largest absolute Gasteiger partial charge is 0.383 e. The fourth-order valence-corrected chi connectivity index (χ4v) is 1.83. The fraction of sp³-hybridized carbons (Fsp3) is 0.467. The molecule has 2 amide bonds. The van der Waals surface area contributed by atoms with Gasteiger partial charge < -0.3 is 20.7 Å². The molecule has 0 fully saturated rings. The number of nitro benzene ring substituents is 1. The van der Waals surface area contributed by atoms with Gasteiger partial charge in [0.2, 0.25) is 5.91 Å². The van der Waals surface area contributed by atoms with Gasteiger partial charge in [-0.2, -0.15) is 0 Å². The van der Waals surface area contributed by atoms with Crippen LogP contribution in [0.3, 0.4) is 0 Å². The first kappa shape index (κ1) is 19.5. The lowest BCUT2D eigenvalue weighted by atomic mass is 10.1. The van der Waals surface area contributed by atoms with Crippen molar-refractivity contribution in [1.29, 1.82) is 0 Å². The van der Waals surface area contributed by atoms with E-state index in [1.54, 1.807) is 14.0 Å². The summed E-state index contributed by atoms with van der Waals surface area (Å²) in [7, 11) is 1.61. The van der Waals surface area contributed by atoms with Gasteiger partial charge in [0.25, 0.3) is 11.6 Å². The van der Waals surface area contributed by atoms with Gasteiger partial charge >= 0.3 is 0 Å². The summed E-state index contributed by atoms with van der Waals surface area (Å²) >= 11 is 0. The minimum absolute atomic E-state index is 0.130. The Labute approximate surface area is 139 Å². The van der Waals surface area contributed by atoms with Crippen molar-refractivity contribution in [2.24, 2.45) is 0 Å². The normalized spacial score (nSPS) is 11.6. The van der Waals surface area contributed by atoms with Crippen LogP contribution in [0.5, 0.6) is 0 Å². The van der Waals surface area contributed by atoms with Gasteiger partial charge in [0.15, 0.2) is 0 Å². The summed E-state index contributed by atoms with van der Waals surface area (Å²) in [6.45, 7) is 3.82. The van der Waals surface area contributed by atoms with E-state index < -0.39 is 16.9 Å². The van der Waals surface area contributed by atoms with E-state index in [-0.39, 0.29) is 17.2 Å². The van der Waals surface area contributed by atoms with E-state index in [0.717, 1.165) is 0 Å². The maximum atomic E-state index is 12.0. The molecule has 0 heterocycles. The van der Waals surface area contributed by atoms with Crippen molar-refractivity contribution in [1.82, 2.24) is 16.0 Å². The van der Waals surface area contributed by atoms with Gasteiger partial charge in [0, 0.05) is 44.4 Å². The molecule has 0 aliphatic heterocycles. The number of carbonyl (C=O) groups excluding carboxylic acids is 2. The molecule has 9 heteroatoms. The van der Waals surface area contributed by atoms with Crippen LogP contribution in [0.1, 0.15) is 17.3 Å². The van der Waals surface area contributed by atoms with Gasteiger partial charge in [0.1, 0.15) is 6.04 Å². The van der Waals surface area contributed by atoms with Crippen LogP contribution in [-0.2, 0) is 9.53 Å². The molecule has 0 aromatic heterocycles. The Morgan fingerprint density at radius 3 is 2.71 bits per heavy atom. The Hall–Kier alpha value is -2.52. The van der Waals surface area contributed by atoms with E-state index in [4.69, 9.17) is 4.74 Å². The summed E-state index contributed by atoms with van der Waals surface area (Å²) in [6, 6.07) is 4.58. The minimum Gasteiger partial charge on any atom is -0.383 e. The maximum absolute atomic E-state index is 12.0. The average molecular weight is 338 g/mol. The molecule has 0 spiro atoms. The monoisotopic (exact) mass is 338 g/mol. The molecule has 9 nitrogen and oxygen atoms in total. The third-order valence-corrected chi connectivity index (χ3v) is 3.14. The molecule has 1 rings (SSSR count). The summed E-state index contributed by atoms with van der Waals surface area (Å²) in [4.78, 5) is 34.1. The quantitative estimate of drug-likeness (QED) is 0.315. The zero-order valence-electron chi connectivity index (χ0n) is 13.7. The smallest absolute Gasteiger partial charge is 0.270 e. The first-order chi connectivity index (χ1) is 11.5. The van der Waals surface area contributed by atoms with Crippen LogP contribution in [0.15, 0.2) is 24.3 Å². The molecule has 1 unspecified atom stereocenters. The van der Waals surface area contributed by atoms with Crippen LogP contribution in [0, 0.1) is 10.1 Å². The van der Waals surface area contributed by atoms with Gasteiger partial charge in [-0.25, -0.2) is 0 Å². The molecule has 0 bridgehead atoms. The zero-order valence-corrected chi connectivity index (χ0v) is 13.7. The molecule has 0 saturated heterocycles. The summed E-state index contributed by atoms with van der Waals surface area (Å²) in [5.41, 5.74) is -0.0491. The highest BCUT2D eigenvalue weighted by Crippen LogP contribution is 2.13. The van der Waals surface area contributed by atoms with Crippen molar-refractivity contribution in [3.05, 3.63) is 39.9 Å². The van der Waals surface area contributed by atoms with E-state index in [1.165, 1.54) is 24.3 Å². The second-order valence-corrected chi connectivity index (χ2v) is 5.04. The van der Waals surface area contributed by atoms with E-state index in [0.29, 0.717) is 26.2 Å². The van der Waals surface area contributed by atoms with E-state index >= 15 is 0 Å². The second-order valence-electron chi connectivity index (χ2n) is 5.04. The molecular weight excluding hydrogens is 316 g/mol. The summed E-state index contributed by atoms with van der Waals surface area (Å²) in [6.07, 6.45) is 0. The Balaban J connectivity index is 2.41. The molecule has 1 aromatic carbocycles. The summed E-state index contributed by atoms with van der Waals surface area (Å²) in [5, 5.41) is 19.0. The SMILES string of the molecule is COCCNCCNC(=O)C(C)NC(=O)c1cccc([N+](=O)[O-])c1. The predicted octanol–water partition coefficient (Wildman–Crippen LogP) is 0.0653. The lowest BCUT2D eigenvalue weighted by molar-refractivity contribution is -0.384. The van der Waals surface area contributed by atoms with E-state index in [9.17, 15) is 19.7 Å². The highest BCUT2D eigenvalue weighted by Gasteiger charge is 2.17. The van der Waals surface area contributed by atoms with Gasteiger partial charge in [0.05, 0.1) is 11.5 Å². The molecule has 1 atom stereocenters. The number of nitrogens with one attached hydrogen (secondary N) is 3. The molecular formula is C15H22N4O5. The Morgan fingerprint density at radius 1 is 1.29 bits per heavy atom. The number of methoxy groups -OCH3 is 1. The second kappa shape index (κ2) is 10.3. The zero-order chi connectivity index (χ0) is 17.9. The van der Waals surface area contributed by atoms with Crippen LogP contribution in [0.2, 0.25) is 0 Å². The molecule has 1 aromatic rings. The number of nitrogens with zero attached hydrogens (tertiary/aromatic N) is 1. The topological polar surface area (TPSA) is 123 Å². The molecule has 24 heavy (non-hydrogen) atoms. The molecule has 0 aliphatic carbocycles. The number of hydrogen-bond donors (Lipinski definition) is 3. The number of carbonyl (C=O) groups is 2. The third-order valence-electron chi connectivity index (χ3n) is 3.14. The van der Waals surface area contributed by atoms with Crippen LogP contribution in [-0.4, -0.2) is 56.1 Å². The Bertz CT molecular complexity index is 579. The summed E-state index contributed by atoms with van der Waals surface area (Å²) < 4.78 is 4.88. The Kier molecular flexibility index (Phi) is 8.37. The molecule has 0 radical (unpaired) electrons. The van der Waals surface area contributed by atoms with Gasteiger partial charge in [-0.3, -0.25) is 19.7 Å². The van der Waals surface area contributed by atoms with Gasteiger partial charge in [-0.1, -0.05) is 6.07 Å². The fourth-order valence-electron chi connectivity index (χ4n) is 1.83. The number of nitro groups is 1. The average Bonchev–Trinajstić information content (AvgIpc) is 2.57. The third kappa shape index (κ3) is 6.71. The van der Waals surface area contributed by atoms with Crippen molar-refractivity contribution >= 4 is 17.5 Å². The van der Waals surface area contributed by atoms with Crippen molar-refractivity contribution in [3.63, 3.8) is 0 Å². The van der Waals surface area contributed by atoms with E-state index in [2.05, 4.69) is 16.0 Å². The number of rotatable bonds is 10. The van der Waals surface area contributed by atoms with E-state index in [1.807, 2.05) is 0 Å². The molecule has 0 saturated carbocycles. The number of hydrogen-bond acceptors (Lipinski definition) is 6. The highest BCUT2D eigenvalue weighted by molar-refractivity contribution is 5.97. The minimum atomic E-state index is -0.754. The van der Waals surface area contributed by atoms with Crippen molar-refractivity contribution < 1.29 is 19.2 Å². The van der Waals surface area contributed by atoms with Crippen molar-refractivity contribution in [3.8, 4) is 0 Å². The van der Waals surface area contributed by atoms with Gasteiger partial charge in [-0.05, 0) is 13.0 Å². The molecule has 3 N–H and O–H groups in total. The number of non-ortho nitro benzene ring substituents is 1. The lowest BCUT2D eigenvalue weighted by Gasteiger charge is -2.14. The van der Waals surface area contributed by atoms with Crippen LogP contribution in [0.25, 0.3) is 0 Å². The van der Waals surface area contributed by atoms with Gasteiger partial charge in [-0.15, -0.1) is 0 Å². The Morgan fingerprint density at radius 2 is 2.04 bits per heavy atom. The molecule has 132 valence electrons. The standard InChI is InChI=1S/C15H22N4O5/c1-11(14(20)17-7-6-16-8-9-24-2)18-15(21)12-4-3-5-13(10-12)19(22)23/h3-5,10-11,16H,6-9H2,1-2H3,(H,17,20)(H,18,21). The van der Waals surface area contributed by atoms with Crippen molar-refractivity contribution in [2.45, 2.75) is 13.0 Å². The predicted molar refractivity (Wildman–Crippen MR) is 87.8 cm³/mol. The maximum Gasteiger partial charge on any atom is 0.270 e. The number of ether oxygens (including phenoxy) is 1. The summed E-state index contributed by atoms with van der Waals surface area (Å²) in [5.74, 6) is -0.873. The van der Waals surface area contributed by atoms with Crippen LogP contribution >= 0.6 is 0 Å². The first-order valence-corrected chi connectivity index (χ1v) is 7.48. The first-order valence-electron chi connectivity index (χ1n) is 7.48. The lowest BCUT2D eigenvalue weighted by Crippen LogP contribution is -2.46. The van der Waals surface area contributed by atoms with Crippen molar-refractivity contribution in [2.75, 3.05) is 33.4 Å². The number of benzene rings is 1.